The Kier molecular flexibility index (Phi) is 4.57. The molecule has 0 heterocycles. The highest BCUT2D eigenvalue weighted by Gasteiger charge is 2.26. The van der Waals surface area contributed by atoms with Gasteiger partial charge in [-0.3, -0.25) is 4.79 Å². The lowest BCUT2D eigenvalue weighted by atomic mass is 10.2. The van der Waals surface area contributed by atoms with Crippen LogP contribution in [0.15, 0.2) is 24.3 Å². The Labute approximate surface area is 118 Å². The lowest BCUT2D eigenvalue weighted by Crippen LogP contribution is -2.46. The van der Waals surface area contributed by atoms with Gasteiger partial charge in [0.2, 0.25) is 5.91 Å². The molecule has 108 valence electrons. The number of anilines is 1. The summed E-state index contributed by atoms with van der Waals surface area (Å²) in [5, 5.41) is 8.12. The largest absolute Gasteiger partial charge is 0.352 e. The quantitative estimate of drug-likeness (QED) is 0.644. The van der Waals surface area contributed by atoms with Crippen LogP contribution in [-0.4, -0.2) is 24.0 Å². The van der Waals surface area contributed by atoms with Gasteiger partial charge in [-0.15, -0.1) is 0 Å². The molecule has 6 heteroatoms. The van der Waals surface area contributed by atoms with Gasteiger partial charge in [0.15, 0.2) is 0 Å². The Bertz CT molecular complexity index is 482. The zero-order valence-corrected chi connectivity index (χ0v) is 11.5. The van der Waals surface area contributed by atoms with E-state index < -0.39 is 12.1 Å². The molecule has 5 N–H and O–H groups in total. The molecular weight excluding hydrogens is 256 g/mol. The average molecular weight is 276 g/mol. The van der Waals surface area contributed by atoms with Crippen molar-refractivity contribution < 1.29 is 9.59 Å². The topological polar surface area (TPSA) is 96.2 Å². The van der Waals surface area contributed by atoms with Crippen LogP contribution < -0.4 is 21.7 Å². The molecule has 2 rings (SSSR count). The Morgan fingerprint density at radius 2 is 1.95 bits per heavy atom. The highest BCUT2D eigenvalue weighted by atomic mass is 16.2. The van der Waals surface area contributed by atoms with Crippen molar-refractivity contribution in [3.63, 3.8) is 0 Å². The predicted molar refractivity (Wildman–Crippen MR) is 77.1 cm³/mol. The predicted octanol–water partition coefficient (Wildman–Crippen LogP) is 0.934. The van der Waals surface area contributed by atoms with E-state index in [0.717, 1.165) is 18.4 Å². The van der Waals surface area contributed by atoms with Gasteiger partial charge in [0, 0.05) is 18.3 Å². The van der Waals surface area contributed by atoms with Crippen LogP contribution in [-0.2, 0) is 11.3 Å². The summed E-state index contributed by atoms with van der Waals surface area (Å²) in [6.45, 7) is 2.12. The van der Waals surface area contributed by atoms with Gasteiger partial charge in [0.25, 0.3) is 0 Å². The fourth-order valence-corrected chi connectivity index (χ4v) is 1.71. The number of hydrogen-bond acceptors (Lipinski definition) is 3. The maximum absolute atomic E-state index is 11.8. The third-order valence-electron chi connectivity index (χ3n) is 3.11. The second-order valence-corrected chi connectivity index (χ2v) is 5.00. The molecule has 0 radical (unpaired) electrons. The van der Waals surface area contributed by atoms with Gasteiger partial charge in [0.05, 0.1) is 0 Å². The minimum Gasteiger partial charge on any atom is -0.352 e. The van der Waals surface area contributed by atoms with Gasteiger partial charge >= 0.3 is 6.03 Å². The molecule has 0 aliphatic heterocycles. The summed E-state index contributed by atoms with van der Waals surface area (Å²) in [7, 11) is 0. The lowest BCUT2D eigenvalue weighted by Gasteiger charge is -2.14. The van der Waals surface area contributed by atoms with Crippen molar-refractivity contribution in [1.82, 2.24) is 10.6 Å². The molecule has 0 aromatic heterocycles. The molecule has 1 aliphatic rings. The number of carbonyl (C=O) groups excluding carboxylic acids is 2. The van der Waals surface area contributed by atoms with Crippen LogP contribution in [0.4, 0.5) is 10.5 Å². The summed E-state index contributed by atoms with van der Waals surface area (Å²) in [5.74, 6) is -0.152. The Morgan fingerprint density at radius 1 is 1.30 bits per heavy atom. The zero-order valence-electron chi connectivity index (χ0n) is 11.5. The normalized spacial score (nSPS) is 15.3. The molecule has 3 amide bonds. The van der Waals surface area contributed by atoms with Crippen molar-refractivity contribution in [1.29, 1.82) is 0 Å². The van der Waals surface area contributed by atoms with Crippen LogP contribution in [0, 0.1) is 0 Å². The Hall–Kier alpha value is -2.08. The van der Waals surface area contributed by atoms with E-state index in [1.54, 1.807) is 19.1 Å². The van der Waals surface area contributed by atoms with Crippen molar-refractivity contribution >= 4 is 17.6 Å². The molecule has 1 unspecified atom stereocenters. The second kappa shape index (κ2) is 6.38. The third kappa shape index (κ3) is 4.24. The van der Waals surface area contributed by atoms with E-state index >= 15 is 0 Å². The third-order valence-corrected chi connectivity index (χ3v) is 3.11. The first-order chi connectivity index (χ1) is 9.58. The summed E-state index contributed by atoms with van der Waals surface area (Å²) in [6.07, 6.45) is 2.05. The van der Waals surface area contributed by atoms with Crippen molar-refractivity contribution in [2.45, 2.75) is 38.4 Å². The van der Waals surface area contributed by atoms with Crippen LogP contribution in [0.25, 0.3) is 0 Å². The minimum atomic E-state index is -0.557. The van der Waals surface area contributed by atoms with E-state index in [4.69, 9.17) is 5.73 Å². The number of carbonyl (C=O) groups is 2. The average Bonchev–Trinajstić information content (AvgIpc) is 3.23. The van der Waals surface area contributed by atoms with Crippen LogP contribution in [0.5, 0.6) is 0 Å². The standard InChI is InChI=1S/C14H20N4O2/c1-9(13(19)17-11-6-7-11)16-14(20)18-12-4-2-10(8-15)3-5-12/h2-5,9,11H,6-8,15H2,1H3,(H,17,19)(H2,16,18,20). The number of nitrogens with two attached hydrogens (primary N) is 1. The molecule has 0 saturated heterocycles. The monoisotopic (exact) mass is 276 g/mol. The molecule has 1 saturated carbocycles. The highest BCUT2D eigenvalue weighted by molar-refractivity contribution is 5.93. The van der Waals surface area contributed by atoms with Gasteiger partial charge in [0.1, 0.15) is 6.04 Å². The summed E-state index contributed by atoms with van der Waals surface area (Å²) >= 11 is 0. The Balaban J connectivity index is 1.79. The fourth-order valence-electron chi connectivity index (χ4n) is 1.71. The van der Waals surface area contributed by atoms with Crippen LogP contribution in [0.1, 0.15) is 25.3 Å². The van der Waals surface area contributed by atoms with E-state index in [2.05, 4.69) is 16.0 Å². The summed E-state index contributed by atoms with van der Waals surface area (Å²) in [6, 6.07) is 6.58. The van der Waals surface area contributed by atoms with Crippen LogP contribution in [0.2, 0.25) is 0 Å². The Morgan fingerprint density at radius 3 is 2.50 bits per heavy atom. The van der Waals surface area contributed by atoms with E-state index in [0.29, 0.717) is 18.3 Å². The maximum Gasteiger partial charge on any atom is 0.319 e. The van der Waals surface area contributed by atoms with Crippen molar-refractivity contribution in [3.8, 4) is 0 Å². The fraction of sp³-hybridized carbons (Fsp3) is 0.429. The van der Waals surface area contributed by atoms with E-state index in [9.17, 15) is 9.59 Å². The van der Waals surface area contributed by atoms with Gasteiger partial charge in [-0.05, 0) is 37.5 Å². The zero-order chi connectivity index (χ0) is 14.5. The van der Waals surface area contributed by atoms with Gasteiger partial charge < -0.3 is 21.7 Å². The summed E-state index contributed by atoms with van der Waals surface area (Å²) in [4.78, 5) is 23.5. The summed E-state index contributed by atoms with van der Waals surface area (Å²) < 4.78 is 0. The van der Waals surface area contributed by atoms with Crippen molar-refractivity contribution in [3.05, 3.63) is 29.8 Å². The molecule has 1 aromatic rings. The molecule has 1 atom stereocenters. The number of hydrogen-bond donors (Lipinski definition) is 4. The molecule has 6 nitrogen and oxygen atoms in total. The minimum absolute atomic E-state index is 0.152. The van der Waals surface area contributed by atoms with Gasteiger partial charge in [-0.25, -0.2) is 4.79 Å². The van der Waals surface area contributed by atoms with Crippen molar-refractivity contribution in [2.24, 2.45) is 5.73 Å². The molecule has 0 bridgehead atoms. The first kappa shape index (κ1) is 14.3. The maximum atomic E-state index is 11.8. The number of rotatable bonds is 5. The lowest BCUT2D eigenvalue weighted by molar-refractivity contribution is -0.122. The summed E-state index contributed by atoms with van der Waals surface area (Å²) in [5.41, 5.74) is 7.16. The van der Waals surface area contributed by atoms with E-state index in [1.165, 1.54) is 0 Å². The first-order valence-electron chi connectivity index (χ1n) is 6.75. The number of benzene rings is 1. The first-order valence-corrected chi connectivity index (χ1v) is 6.75. The molecule has 1 fully saturated rings. The highest BCUT2D eigenvalue weighted by Crippen LogP contribution is 2.18. The second-order valence-electron chi connectivity index (χ2n) is 5.00. The number of nitrogens with one attached hydrogen (secondary N) is 3. The molecule has 1 aliphatic carbocycles. The van der Waals surface area contributed by atoms with Crippen LogP contribution in [0.3, 0.4) is 0 Å². The number of amides is 3. The molecular formula is C14H20N4O2. The number of urea groups is 1. The molecule has 20 heavy (non-hydrogen) atoms. The van der Waals surface area contributed by atoms with Crippen molar-refractivity contribution in [2.75, 3.05) is 5.32 Å². The molecule has 0 spiro atoms. The van der Waals surface area contributed by atoms with Gasteiger partial charge in [-0.1, -0.05) is 12.1 Å². The molecule has 1 aromatic carbocycles. The van der Waals surface area contributed by atoms with Gasteiger partial charge in [-0.2, -0.15) is 0 Å². The van der Waals surface area contributed by atoms with E-state index in [1.807, 2.05) is 12.1 Å². The van der Waals surface area contributed by atoms with E-state index in [-0.39, 0.29) is 5.91 Å². The van der Waals surface area contributed by atoms with Crippen LogP contribution >= 0.6 is 0 Å². The smallest absolute Gasteiger partial charge is 0.319 e. The SMILES string of the molecule is CC(NC(=O)Nc1ccc(CN)cc1)C(=O)NC1CC1.